The van der Waals surface area contributed by atoms with Gasteiger partial charge in [0, 0.05) is 25.2 Å². The molecule has 0 aliphatic rings. The fraction of sp³-hybridized carbons (Fsp3) is 0.636. The van der Waals surface area contributed by atoms with E-state index in [1.165, 1.54) is 25.7 Å². The molecule has 8 nitrogen and oxygen atoms in total. The highest BCUT2D eigenvalue weighted by atomic mass is 16.5. The predicted octanol–water partition coefficient (Wildman–Crippen LogP) is 1.79. The molecule has 0 aliphatic heterocycles. The van der Waals surface area contributed by atoms with E-state index in [0.717, 1.165) is 63.3 Å². The summed E-state index contributed by atoms with van der Waals surface area (Å²) in [4.78, 5) is 4.33. The van der Waals surface area contributed by atoms with E-state index in [1.807, 2.05) is 31.3 Å². The van der Waals surface area contributed by atoms with E-state index in [9.17, 15) is 0 Å². The number of nitrogen functional groups attached to an aromatic ring is 1. The maximum Gasteiger partial charge on any atom is 0.188 e. The third kappa shape index (κ3) is 13.8. The Hall–Kier alpha value is -2.32. The highest BCUT2D eigenvalue weighted by Crippen LogP contribution is 2.12. The van der Waals surface area contributed by atoms with Crippen molar-refractivity contribution < 1.29 is 4.74 Å². The molecule has 0 saturated heterocycles. The van der Waals surface area contributed by atoms with Gasteiger partial charge < -0.3 is 32.2 Å². The lowest BCUT2D eigenvalue weighted by molar-refractivity contribution is 0.305. The maximum atomic E-state index is 7.37. The number of hydrogen-bond acceptors (Lipinski definition) is 5. The first-order valence-corrected chi connectivity index (χ1v) is 11.1. The van der Waals surface area contributed by atoms with Gasteiger partial charge in [0.05, 0.1) is 6.61 Å². The molecule has 8 heteroatoms. The average Bonchev–Trinajstić information content (AvgIpc) is 2.74. The number of guanidine groups is 1. The highest BCUT2D eigenvalue weighted by Gasteiger charge is 1.98. The van der Waals surface area contributed by atoms with Crippen LogP contribution in [-0.4, -0.2) is 58.2 Å². The summed E-state index contributed by atoms with van der Waals surface area (Å²) >= 11 is 0. The second kappa shape index (κ2) is 17.5. The number of nitrogens with two attached hydrogens (primary N) is 2. The second-order valence-electron chi connectivity index (χ2n) is 7.31. The molecule has 1 rings (SSSR count). The molecule has 1 aromatic carbocycles. The summed E-state index contributed by atoms with van der Waals surface area (Å²) in [6.45, 7) is 5.31. The largest absolute Gasteiger partial charge is 0.494 e. The molecule has 0 unspecified atom stereocenters. The SMILES string of the molecule is CNCCNC(N)=NCCCCCCCNCCCCOc1ccc(C(=N)N)cc1. The van der Waals surface area contributed by atoms with E-state index in [1.54, 1.807) is 0 Å². The Morgan fingerprint density at radius 2 is 1.57 bits per heavy atom. The predicted molar refractivity (Wildman–Crippen MR) is 127 cm³/mol. The molecule has 0 spiro atoms. The van der Waals surface area contributed by atoms with Crippen LogP contribution >= 0.6 is 0 Å². The first-order chi connectivity index (χ1) is 14.6. The van der Waals surface area contributed by atoms with E-state index < -0.39 is 0 Å². The van der Waals surface area contributed by atoms with Gasteiger partial charge in [0.1, 0.15) is 11.6 Å². The van der Waals surface area contributed by atoms with Crippen molar-refractivity contribution in [2.75, 3.05) is 46.4 Å². The quantitative estimate of drug-likeness (QED) is 0.122. The van der Waals surface area contributed by atoms with Gasteiger partial charge in [-0.15, -0.1) is 0 Å². The van der Waals surface area contributed by atoms with Crippen molar-refractivity contribution >= 4 is 11.8 Å². The fourth-order valence-corrected chi connectivity index (χ4v) is 2.86. The van der Waals surface area contributed by atoms with Gasteiger partial charge in [-0.25, -0.2) is 0 Å². The van der Waals surface area contributed by atoms with Crippen LogP contribution in [0.1, 0.15) is 50.5 Å². The molecule has 1 aromatic rings. The smallest absolute Gasteiger partial charge is 0.188 e. The fourth-order valence-electron chi connectivity index (χ4n) is 2.86. The number of rotatable bonds is 18. The first-order valence-electron chi connectivity index (χ1n) is 11.1. The standard InChI is InChI=1S/C22H41N7O/c1-26-16-17-29-22(25)28-15-6-4-2-3-5-13-27-14-7-8-18-30-20-11-9-19(10-12-20)21(23)24/h9-12,26-27H,2-8,13-18H2,1H3,(H3,23,24)(H3,25,28,29). The molecule has 0 heterocycles. The number of ether oxygens (including phenoxy) is 1. The third-order valence-corrected chi connectivity index (χ3v) is 4.66. The van der Waals surface area contributed by atoms with Crippen LogP contribution in [0.15, 0.2) is 29.3 Å². The van der Waals surface area contributed by atoms with Crippen LogP contribution in [-0.2, 0) is 0 Å². The van der Waals surface area contributed by atoms with Crippen LogP contribution in [0.2, 0.25) is 0 Å². The number of likely N-dealkylation sites (N-methyl/N-ethyl adjacent to an activating group) is 1. The van der Waals surface area contributed by atoms with Gasteiger partial charge in [0.15, 0.2) is 5.96 Å². The molecule has 30 heavy (non-hydrogen) atoms. The summed E-state index contributed by atoms with van der Waals surface area (Å²) < 4.78 is 5.71. The summed E-state index contributed by atoms with van der Waals surface area (Å²) in [6, 6.07) is 7.34. The number of aliphatic imine (C=N–C) groups is 1. The molecule has 0 atom stereocenters. The van der Waals surface area contributed by atoms with Gasteiger partial charge in [0.2, 0.25) is 0 Å². The molecule has 0 fully saturated rings. The minimum Gasteiger partial charge on any atom is -0.494 e. The van der Waals surface area contributed by atoms with Crippen LogP contribution in [0.3, 0.4) is 0 Å². The molecule has 0 aliphatic carbocycles. The Morgan fingerprint density at radius 3 is 2.27 bits per heavy atom. The summed E-state index contributed by atoms with van der Waals surface area (Å²) in [7, 11) is 1.92. The summed E-state index contributed by atoms with van der Waals surface area (Å²) in [5.41, 5.74) is 11.9. The normalized spacial score (nSPS) is 11.4. The molecule has 8 N–H and O–H groups in total. The Morgan fingerprint density at radius 1 is 0.900 bits per heavy atom. The van der Waals surface area contributed by atoms with Crippen molar-refractivity contribution in [3.63, 3.8) is 0 Å². The van der Waals surface area contributed by atoms with Gasteiger partial charge in [-0.05, 0) is 70.1 Å². The topological polar surface area (TPSA) is 134 Å². The number of nitrogens with zero attached hydrogens (tertiary/aromatic N) is 1. The van der Waals surface area contributed by atoms with Gasteiger partial charge >= 0.3 is 0 Å². The van der Waals surface area contributed by atoms with E-state index >= 15 is 0 Å². The zero-order chi connectivity index (χ0) is 21.9. The van der Waals surface area contributed by atoms with E-state index in [2.05, 4.69) is 20.9 Å². The summed E-state index contributed by atoms with van der Waals surface area (Å²) in [6.07, 6.45) is 8.15. The van der Waals surface area contributed by atoms with Crippen molar-refractivity contribution in [3.05, 3.63) is 29.8 Å². The highest BCUT2D eigenvalue weighted by molar-refractivity contribution is 5.94. The number of benzene rings is 1. The van der Waals surface area contributed by atoms with Crippen molar-refractivity contribution in [3.8, 4) is 5.75 Å². The zero-order valence-corrected chi connectivity index (χ0v) is 18.5. The molecule has 0 aromatic heterocycles. The lowest BCUT2D eigenvalue weighted by atomic mass is 10.1. The van der Waals surface area contributed by atoms with Crippen LogP contribution < -0.4 is 32.2 Å². The Bertz CT molecular complexity index is 590. The Labute approximate surface area is 181 Å². The summed E-state index contributed by atoms with van der Waals surface area (Å²) in [5.74, 6) is 1.45. The van der Waals surface area contributed by atoms with Crippen molar-refractivity contribution in [2.45, 2.75) is 44.9 Å². The van der Waals surface area contributed by atoms with Crippen molar-refractivity contribution in [2.24, 2.45) is 16.5 Å². The van der Waals surface area contributed by atoms with E-state index in [0.29, 0.717) is 12.6 Å². The molecular formula is C22H41N7O. The van der Waals surface area contributed by atoms with Gasteiger partial charge in [-0.2, -0.15) is 0 Å². The molecule has 0 saturated carbocycles. The average molecular weight is 420 g/mol. The van der Waals surface area contributed by atoms with Crippen LogP contribution in [0.4, 0.5) is 0 Å². The van der Waals surface area contributed by atoms with Crippen molar-refractivity contribution in [1.29, 1.82) is 5.41 Å². The summed E-state index contributed by atoms with van der Waals surface area (Å²) in [5, 5.41) is 17.0. The van der Waals surface area contributed by atoms with Crippen LogP contribution in [0.25, 0.3) is 0 Å². The number of hydrogen-bond donors (Lipinski definition) is 6. The molecular weight excluding hydrogens is 378 g/mol. The lowest BCUT2D eigenvalue weighted by Crippen LogP contribution is -2.36. The zero-order valence-electron chi connectivity index (χ0n) is 18.5. The third-order valence-electron chi connectivity index (χ3n) is 4.66. The lowest BCUT2D eigenvalue weighted by Gasteiger charge is -2.08. The monoisotopic (exact) mass is 419 g/mol. The van der Waals surface area contributed by atoms with Crippen molar-refractivity contribution in [1.82, 2.24) is 16.0 Å². The van der Waals surface area contributed by atoms with E-state index in [-0.39, 0.29) is 5.84 Å². The molecule has 0 radical (unpaired) electrons. The Kier molecular flexibility index (Phi) is 15.0. The van der Waals surface area contributed by atoms with E-state index in [4.69, 9.17) is 21.6 Å². The van der Waals surface area contributed by atoms with Crippen LogP contribution in [0.5, 0.6) is 5.75 Å². The van der Waals surface area contributed by atoms with Gasteiger partial charge in [-0.3, -0.25) is 10.4 Å². The van der Waals surface area contributed by atoms with Gasteiger partial charge in [0.25, 0.3) is 0 Å². The molecule has 170 valence electrons. The molecule has 0 bridgehead atoms. The number of unbranched alkanes of at least 4 members (excludes halogenated alkanes) is 5. The number of nitrogens with one attached hydrogen (secondary N) is 4. The minimum atomic E-state index is 0.0795. The second-order valence-corrected chi connectivity index (χ2v) is 7.31. The molecule has 0 amide bonds. The maximum absolute atomic E-state index is 7.37. The Balaban J connectivity index is 1.84. The van der Waals surface area contributed by atoms with Gasteiger partial charge in [-0.1, -0.05) is 19.3 Å². The first kappa shape index (κ1) is 25.7. The minimum absolute atomic E-state index is 0.0795. The van der Waals surface area contributed by atoms with Crippen LogP contribution in [0, 0.1) is 5.41 Å². The number of amidine groups is 1.